The van der Waals surface area contributed by atoms with Crippen molar-refractivity contribution < 1.29 is 4.74 Å². The van der Waals surface area contributed by atoms with Crippen LogP contribution in [0.25, 0.3) is 0 Å². The van der Waals surface area contributed by atoms with Gasteiger partial charge in [0.1, 0.15) is 6.61 Å². The van der Waals surface area contributed by atoms with Crippen molar-refractivity contribution in [2.75, 3.05) is 19.6 Å². The summed E-state index contributed by atoms with van der Waals surface area (Å²) < 4.78 is 5.85. The van der Waals surface area contributed by atoms with Crippen LogP contribution >= 0.6 is 35.6 Å². The number of rotatable bonds is 6. The quantitative estimate of drug-likeness (QED) is 0.687. The predicted octanol–water partition coefficient (Wildman–Crippen LogP) is 5.18. The molecule has 3 aliphatic rings. The Balaban J connectivity index is 0.00000210. The maximum atomic E-state index is 6.44. The van der Waals surface area contributed by atoms with Gasteiger partial charge in [0.2, 0.25) is 0 Å². The first-order valence-electron chi connectivity index (χ1n) is 9.29. The highest BCUT2D eigenvalue weighted by atomic mass is 35.5. The van der Waals surface area contributed by atoms with Gasteiger partial charge in [0, 0.05) is 19.1 Å². The summed E-state index contributed by atoms with van der Waals surface area (Å²) in [6.07, 6.45) is 2.62. The molecule has 3 fully saturated rings. The van der Waals surface area contributed by atoms with Gasteiger partial charge in [0.25, 0.3) is 0 Å². The molecule has 1 N–H and O–H groups in total. The topological polar surface area (TPSA) is 24.5 Å². The Bertz CT molecular complexity index is 725. The number of nitrogens with zero attached hydrogens (tertiary/aromatic N) is 1. The van der Waals surface area contributed by atoms with Crippen molar-refractivity contribution >= 4 is 35.6 Å². The number of fused-ring (bicyclic) bond motifs is 3. The highest BCUT2D eigenvalue weighted by Crippen LogP contribution is 2.35. The number of hydrogen-bond acceptors (Lipinski definition) is 3. The second kappa shape index (κ2) is 9.49. The van der Waals surface area contributed by atoms with Gasteiger partial charge in [-0.05, 0) is 55.1 Å². The van der Waals surface area contributed by atoms with E-state index in [-0.39, 0.29) is 12.4 Å². The first kappa shape index (κ1) is 20.8. The number of ether oxygens (including phenoxy) is 1. The normalized spacial score (nSPS) is 23.7. The van der Waals surface area contributed by atoms with E-state index in [1.54, 1.807) is 0 Å². The van der Waals surface area contributed by atoms with Crippen molar-refractivity contribution in [1.29, 1.82) is 0 Å². The van der Waals surface area contributed by atoms with Gasteiger partial charge in [-0.15, -0.1) is 12.4 Å². The molecular weight excluding hydrogens is 403 g/mol. The molecule has 1 unspecified atom stereocenters. The van der Waals surface area contributed by atoms with Crippen LogP contribution in [-0.2, 0) is 13.2 Å². The number of benzene rings is 2. The molecule has 2 aromatic carbocycles. The summed E-state index contributed by atoms with van der Waals surface area (Å²) in [5.41, 5.74) is 2.19. The van der Waals surface area contributed by atoms with E-state index in [1.807, 2.05) is 42.5 Å². The number of halogens is 3. The zero-order chi connectivity index (χ0) is 17.9. The van der Waals surface area contributed by atoms with Crippen LogP contribution in [0.2, 0.25) is 10.0 Å². The largest absolute Gasteiger partial charge is 0.486 e. The van der Waals surface area contributed by atoms with E-state index in [9.17, 15) is 0 Å². The zero-order valence-electron chi connectivity index (χ0n) is 15.2. The standard InChI is InChI=1S/C21H24Cl2N2O.ClH/c22-18-10-16(12-24-20-13-25-8-6-17(20)7-9-25)11-19(23)21(18)26-14-15-4-2-1-3-5-15;/h1-5,10-11,17,20,24H,6-9,12-14H2;1H. The summed E-state index contributed by atoms with van der Waals surface area (Å²) in [4.78, 5) is 2.55. The van der Waals surface area contributed by atoms with E-state index in [0.29, 0.717) is 28.4 Å². The van der Waals surface area contributed by atoms with Crippen molar-refractivity contribution in [2.45, 2.75) is 32.0 Å². The molecule has 0 saturated carbocycles. The maximum Gasteiger partial charge on any atom is 0.156 e. The predicted molar refractivity (Wildman–Crippen MR) is 114 cm³/mol. The zero-order valence-corrected chi connectivity index (χ0v) is 17.5. The van der Waals surface area contributed by atoms with Gasteiger partial charge in [-0.25, -0.2) is 0 Å². The summed E-state index contributed by atoms with van der Waals surface area (Å²) in [5.74, 6) is 1.36. The molecule has 1 atom stereocenters. The van der Waals surface area contributed by atoms with Crippen LogP contribution in [0.1, 0.15) is 24.0 Å². The monoisotopic (exact) mass is 426 g/mol. The third kappa shape index (κ3) is 5.10. The highest BCUT2D eigenvalue weighted by molar-refractivity contribution is 6.37. The van der Waals surface area contributed by atoms with Gasteiger partial charge in [-0.3, -0.25) is 0 Å². The molecule has 5 rings (SSSR count). The minimum Gasteiger partial charge on any atom is -0.486 e. The summed E-state index contributed by atoms with van der Waals surface area (Å²) in [7, 11) is 0. The van der Waals surface area contributed by atoms with Crippen molar-refractivity contribution in [3.05, 3.63) is 63.6 Å². The molecule has 3 heterocycles. The third-order valence-corrected chi connectivity index (χ3v) is 6.07. The van der Waals surface area contributed by atoms with Gasteiger partial charge in [0.05, 0.1) is 10.0 Å². The molecule has 0 aromatic heterocycles. The molecule has 3 nitrogen and oxygen atoms in total. The SMILES string of the molecule is Cl.Clc1cc(CNC2CN3CCC2CC3)cc(Cl)c1OCc1ccccc1. The number of nitrogens with one attached hydrogen (secondary N) is 1. The fourth-order valence-electron chi connectivity index (χ4n) is 4.03. The first-order chi connectivity index (χ1) is 12.7. The van der Waals surface area contributed by atoms with Gasteiger partial charge in [0.15, 0.2) is 5.75 Å². The van der Waals surface area contributed by atoms with Crippen LogP contribution in [0.3, 0.4) is 0 Å². The van der Waals surface area contributed by atoms with E-state index in [1.165, 1.54) is 25.9 Å². The minimum absolute atomic E-state index is 0. The molecule has 0 amide bonds. The van der Waals surface area contributed by atoms with Crippen LogP contribution in [0.5, 0.6) is 5.75 Å². The van der Waals surface area contributed by atoms with E-state index < -0.39 is 0 Å². The number of hydrogen-bond donors (Lipinski definition) is 1. The molecule has 3 aliphatic heterocycles. The molecule has 6 heteroatoms. The molecule has 0 radical (unpaired) electrons. The van der Waals surface area contributed by atoms with Crippen molar-refractivity contribution in [3.8, 4) is 5.75 Å². The van der Waals surface area contributed by atoms with Crippen LogP contribution in [0, 0.1) is 5.92 Å². The van der Waals surface area contributed by atoms with Gasteiger partial charge in [-0.1, -0.05) is 53.5 Å². The molecule has 0 aliphatic carbocycles. The summed E-state index contributed by atoms with van der Waals surface area (Å²) in [6.45, 7) is 4.91. The lowest BCUT2D eigenvalue weighted by Crippen LogP contribution is -2.55. The molecule has 27 heavy (non-hydrogen) atoms. The smallest absolute Gasteiger partial charge is 0.156 e. The molecule has 3 saturated heterocycles. The van der Waals surface area contributed by atoms with Crippen molar-refractivity contribution in [2.24, 2.45) is 5.92 Å². The van der Waals surface area contributed by atoms with Crippen LogP contribution in [0.4, 0.5) is 0 Å². The average Bonchev–Trinajstić information content (AvgIpc) is 2.67. The number of piperidine rings is 3. The van der Waals surface area contributed by atoms with Crippen LogP contribution < -0.4 is 10.1 Å². The minimum atomic E-state index is 0. The molecule has 0 spiro atoms. The third-order valence-electron chi connectivity index (χ3n) is 5.51. The summed E-state index contributed by atoms with van der Waals surface area (Å²) in [6, 6.07) is 14.5. The van der Waals surface area contributed by atoms with E-state index >= 15 is 0 Å². The Morgan fingerprint density at radius 1 is 1.00 bits per heavy atom. The van der Waals surface area contributed by atoms with Crippen molar-refractivity contribution in [1.82, 2.24) is 10.2 Å². The fraction of sp³-hybridized carbons (Fsp3) is 0.429. The van der Waals surface area contributed by atoms with Gasteiger partial charge >= 0.3 is 0 Å². The maximum absolute atomic E-state index is 6.44. The molecular formula is C21H25Cl3N2O. The lowest BCUT2D eigenvalue weighted by atomic mass is 9.84. The summed E-state index contributed by atoms with van der Waals surface area (Å²) in [5, 5.41) is 4.84. The fourth-order valence-corrected chi connectivity index (χ4v) is 4.67. The Kier molecular flexibility index (Phi) is 7.29. The second-order valence-corrected chi connectivity index (χ2v) is 8.10. The first-order valence-corrected chi connectivity index (χ1v) is 10.0. The average molecular weight is 428 g/mol. The second-order valence-electron chi connectivity index (χ2n) is 7.29. The molecule has 146 valence electrons. The summed E-state index contributed by atoms with van der Waals surface area (Å²) >= 11 is 12.9. The van der Waals surface area contributed by atoms with E-state index in [0.717, 1.165) is 30.1 Å². The van der Waals surface area contributed by atoms with Crippen molar-refractivity contribution in [3.63, 3.8) is 0 Å². The molecule has 2 bridgehead atoms. The van der Waals surface area contributed by atoms with Gasteiger partial charge < -0.3 is 15.0 Å². The molecule has 2 aromatic rings. The highest BCUT2D eigenvalue weighted by Gasteiger charge is 2.33. The Hall–Kier alpha value is -0.970. The lowest BCUT2D eigenvalue weighted by molar-refractivity contribution is 0.0720. The van der Waals surface area contributed by atoms with Crippen LogP contribution in [-0.4, -0.2) is 30.6 Å². The van der Waals surface area contributed by atoms with Gasteiger partial charge in [-0.2, -0.15) is 0 Å². The van der Waals surface area contributed by atoms with E-state index in [2.05, 4.69) is 10.2 Å². The lowest BCUT2D eigenvalue weighted by Gasteiger charge is -2.45. The Morgan fingerprint density at radius 2 is 1.67 bits per heavy atom. The van der Waals surface area contributed by atoms with E-state index in [4.69, 9.17) is 27.9 Å². The van der Waals surface area contributed by atoms with Crippen LogP contribution in [0.15, 0.2) is 42.5 Å². The Labute approximate surface area is 177 Å². The Morgan fingerprint density at radius 3 is 2.26 bits per heavy atom.